The molecule has 0 atom stereocenters. The number of aryl methyl sites for hydroxylation is 1. The average Bonchev–Trinajstić information content (AvgIpc) is 3.31. The molecule has 0 saturated carbocycles. The smallest absolute Gasteiger partial charge is 1.00 e. The van der Waals surface area contributed by atoms with Crippen LogP contribution >= 0.6 is 0 Å². The van der Waals surface area contributed by atoms with Gasteiger partial charge >= 0.3 is 63.5 Å². The number of benzene rings is 3. The molecule has 0 radical (unpaired) electrons. The molecular weight excluding hydrogens is 538 g/mol. The number of carboxylic acids is 1. The van der Waals surface area contributed by atoms with E-state index in [1.165, 1.54) is 36.4 Å². The van der Waals surface area contributed by atoms with Crippen molar-refractivity contribution in [2.75, 3.05) is 11.1 Å². The number of aliphatic carboxylic acids is 1. The fourth-order valence-electron chi connectivity index (χ4n) is 4.46. The second kappa shape index (κ2) is 10.1. The van der Waals surface area contributed by atoms with Crippen LogP contribution in [0.4, 0.5) is 18.9 Å². The summed E-state index contributed by atoms with van der Waals surface area (Å²) in [6.45, 7) is 1.80. The molecule has 2 heterocycles. The Labute approximate surface area is 254 Å². The van der Waals surface area contributed by atoms with Gasteiger partial charge in [0.25, 0.3) is 10.0 Å². The van der Waals surface area contributed by atoms with E-state index in [4.69, 9.17) is 9.47 Å². The Morgan fingerprint density at radius 3 is 2.43 bits per heavy atom. The Hall–Kier alpha value is -2.35. The van der Waals surface area contributed by atoms with Gasteiger partial charge in [-0.3, -0.25) is 0 Å². The number of para-hydroxylation sites is 1. The summed E-state index contributed by atoms with van der Waals surface area (Å²) < 4.78 is 80.5. The molecule has 3 aromatic carbocycles. The summed E-state index contributed by atoms with van der Waals surface area (Å²) in [6.07, 6.45) is -4.46. The summed E-state index contributed by atoms with van der Waals surface area (Å²) in [4.78, 5) is 12.3. The Morgan fingerprint density at radius 1 is 1.08 bits per heavy atom. The van der Waals surface area contributed by atoms with Gasteiger partial charge in [0.15, 0.2) is 17.2 Å². The maximum atomic E-state index is 13.9. The molecule has 0 bridgehead atoms. The first-order chi connectivity index (χ1) is 17.1. The third kappa shape index (κ3) is 4.59. The topological polar surface area (TPSA) is 93.1 Å². The number of rotatable bonds is 4. The summed E-state index contributed by atoms with van der Waals surface area (Å²) in [6, 6.07) is 12.7. The van der Waals surface area contributed by atoms with Crippen molar-refractivity contribution in [2.24, 2.45) is 0 Å². The van der Waals surface area contributed by atoms with Crippen LogP contribution in [0.2, 0.25) is 0 Å². The molecule has 0 unspecified atom stereocenters. The van der Waals surface area contributed by atoms with Gasteiger partial charge in [-0.05, 0) is 47.9 Å². The van der Waals surface area contributed by atoms with E-state index >= 15 is 0 Å². The molecule has 0 spiro atoms. The maximum Gasteiger partial charge on any atom is 1.00 e. The number of hydrogen-bond acceptors (Lipinski definition) is 5. The standard InChI is InChI=1S/C25H18F3NO6S.K.H/c1-2-14-11-15(12-19-23(14)35-13-34-19)21-16-7-3-6-10-20(16)36(32,33)29(22(21)24(30)31)18-9-5-4-8-17(18)25(26,27)28;;/h3-12H,2,13H2,1H3,(H,30,31);;/q;+1;-1. The molecule has 0 fully saturated rings. The maximum absolute atomic E-state index is 13.9. The second-order valence-electron chi connectivity index (χ2n) is 8.03. The molecule has 3 aromatic rings. The van der Waals surface area contributed by atoms with Crippen LogP contribution in [0.15, 0.2) is 71.3 Å². The van der Waals surface area contributed by atoms with Gasteiger partial charge in [-0.1, -0.05) is 37.3 Å². The number of alkyl halides is 3. The van der Waals surface area contributed by atoms with Gasteiger partial charge in [0, 0.05) is 11.1 Å². The van der Waals surface area contributed by atoms with E-state index in [2.05, 4.69) is 0 Å². The van der Waals surface area contributed by atoms with Crippen LogP contribution in [0, 0.1) is 0 Å². The van der Waals surface area contributed by atoms with Crippen molar-refractivity contribution in [2.45, 2.75) is 24.4 Å². The fraction of sp³-hybridized carbons (Fsp3) is 0.160. The third-order valence-corrected chi connectivity index (χ3v) is 7.74. The Bertz CT molecular complexity index is 1560. The molecule has 2 aliphatic rings. The van der Waals surface area contributed by atoms with E-state index in [1.54, 1.807) is 6.07 Å². The first-order valence-electron chi connectivity index (χ1n) is 10.8. The molecular formula is C25H19F3KNO6S. The Kier molecular flexibility index (Phi) is 7.54. The summed E-state index contributed by atoms with van der Waals surface area (Å²) in [5, 5.41) is 10.3. The van der Waals surface area contributed by atoms with Gasteiger partial charge in [0.2, 0.25) is 6.79 Å². The van der Waals surface area contributed by atoms with Crippen molar-refractivity contribution >= 4 is 27.3 Å². The van der Waals surface area contributed by atoms with Crippen LogP contribution in [-0.2, 0) is 27.4 Å². The molecule has 0 saturated heterocycles. The largest absolute Gasteiger partial charge is 1.00 e. The van der Waals surface area contributed by atoms with Gasteiger partial charge < -0.3 is 16.0 Å². The molecule has 188 valence electrons. The average molecular weight is 558 g/mol. The predicted octanol–water partition coefficient (Wildman–Crippen LogP) is 2.17. The summed E-state index contributed by atoms with van der Waals surface area (Å²) in [5.41, 5.74) is -1.99. The number of sulfonamides is 1. The number of nitrogens with zero attached hydrogens (tertiary/aromatic N) is 1. The van der Waals surface area contributed by atoms with Gasteiger partial charge in [-0.25, -0.2) is 17.5 Å². The Balaban J connectivity index is 0.00000200. The van der Waals surface area contributed by atoms with E-state index in [9.17, 15) is 31.5 Å². The van der Waals surface area contributed by atoms with Crippen molar-refractivity contribution in [3.8, 4) is 11.5 Å². The number of fused-ring (bicyclic) bond motifs is 2. The molecule has 37 heavy (non-hydrogen) atoms. The zero-order valence-electron chi connectivity index (χ0n) is 20.7. The second-order valence-corrected chi connectivity index (χ2v) is 9.79. The zero-order chi connectivity index (χ0) is 25.8. The van der Waals surface area contributed by atoms with Crippen LogP contribution in [0.3, 0.4) is 0 Å². The van der Waals surface area contributed by atoms with Crippen LogP contribution in [-0.4, -0.2) is 26.3 Å². The van der Waals surface area contributed by atoms with Crippen LogP contribution in [0.1, 0.15) is 30.6 Å². The number of ether oxygens (including phenoxy) is 2. The van der Waals surface area contributed by atoms with Crippen molar-refractivity contribution in [3.63, 3.8) is 0 Å². The predicted molar refractivity (Wildman–Crippen MR) is 124 cm³/mol. The molecule has 5 rings (SSSR count). The molecule has 1 N–H and O–H groups in total. The van der Waals surface area contributed by atoms with Gasteiger partial charge in [-0.2, -0.15) is 13.2 Å². The van der Waals surface area contributed by atoms with E-state index in [0.29, 0.717) is 29.5 Å². The monoisotopic (exact) mass is 557 g/mol. The minimum atomic E-state index is -4.94. The molecule has 0 amide bonds. The number of carbonyl (C=O) groups is 1. The molecule has 12 heteroatoms. The summed E-state index contributed by atoms with van der Waals surface area (Å²) in [5.74, 6) is -0.903. The normalized spacial score (nSPS) is 15.7. The van der Waals surface area contributed by atoms with Crippen LogP contribution in [0.5, 0.6) is 11.5 Å². The minimum absolute atomic E-state index is 0. The van der Waals surface area contributed by atoms with Crippen LogP contribution < -0.4 is 65.2 Å². The molecule has 0 aliphatic carbocycles. The van der Waals surface area contributed by atoms with Crippen molar-refractivity contribution in [3.05, 3.63) is 88.6 Å². The quantitative estimate of drug-likeness (QED) is 0.495. The number of carboxylic acid groups (broad SMARTS) is 1. The fourth-order valence-corrected chi connectivity index (χ4v) is 6.19. The Morgan fingerprint density at radius 2 is 1.76 bits per heavy atom. The summed E-state index contributed by atoms with van der Waals surface area (Å²) in [7, 11) is -4.74. The van der Waals surface area contributed by atoms with E-state index in [0.717, 1.165) is 12.1 Å². The first kappa shape index (κ1) is 27.7. The molecule has 2 aliphatic heterocycles. The first-order valence-corrected chi connectivity index (χ1v) is 12.2. The number of halogens is 3. The third-order valence-electron chi connectivity index (χ3n) is 5.96. The van der Waals surface area contributed by atoms with Crippen LogP contribution in [0.25, 0.3) is 5.57 Å². The number of hydrogen-bond donors (Lipinski definition) is 1. The SMILES string of the molecule is CCc1cc(C2=C(C(=O)O)N(c3ccccc3C(F)(F)F)S(=O)(=O)c3ccccc32)cc2c1OCO2.[H-].[K+]. The van der Waals surface area contributed by atoms with E-state index < -0.39 is 39.1 Å². The number of anilines is 1. The van der Waals surface area contributed by atoms with E-state index in [1.807, 2.05) is 6.92 Å². The van der Waals surface area contributed by atoms with E-state index in [-0.39, 0.29) is 85.5 Å². The van der Waals surface area contributed by atoms with Gasteiger partial charge in [-0.15, -0.1) is 0 Å². The summed E-state index contributed by atoms with van der Waals surface area (Å²) >= 11 is 0. The van der Waals surface area contributed by atoms with Gasteiger partial charge in [0.05, 0.1) is 16.1 Å². The van der Waals surface area contributed by atoms with Crippen molar-refractivity contribution in [1.82, 2.24) is 0 Å². The zero-order valence-corrected chi connectivity index (χ0v) is 23.6. The van der Waals surface area contributed by atoms with Crippen molar-refractivity contribution in [1.29, 1.82) is 0 Å². The minimum Gasteiger partial charge on any atom is -1.00 e. The van der Waals surface area contributed by atoms with Gasteiger partial charge in [0.1, 0.15) is 0 Å². The molecule has 0 aromatic heterocycles. The molecule has 7 nitrogen and oxygen atoms in total. The van der Waals surface area contributed by atoms with Crippen molar-refractivity contribution < 1.29 is 93.8 Å².